The van der Waals surface area contributed by atoms with Crippen LogP contribution in [-0.2, 0) is 11.3 Å². The zero-order chi connectivity index (χ0) is 11.5. The first-order valence-corrected chi connectivity index (χ1v) is 5.49. The molecule has 0 aliphatic heterocycles. The zero-order valence-corrected chi connectivity index (χ0v) is 9.37. The number of amides is 1. The van der Waals surface area contributed by atoms with Crippen molar-refractivity contribution in [1.29, 1.82) is 0 Å². The number of aromatic nitrogens is 3. The number of aryl methyl sites for hydroxylation is 1. The van der Waals surface area contributed by atoms with Crippen LogP contribution in [0.4, 0.5) is 5.82 Å². The van der Waals surface area contributed by atoms with Crippen molar-refractivity contribution < 1.29 is 4.79 Å². The summed E-state index contributed by atoms with van der Waals surface area (Å²) >= 11 is 1.09. The van der Waals surface area contributed by atoms with E-state index in [2.05, 4.69) is 15.5 Å². The number of aromatic amines is 1. The highest BCUT2D eigenvalue weighted by molar-refractivity contribution is 7.07. The minimum atomic E-state index is -0.257. The normalized spacial score (nSPS) is 10.3. The van der Waals surface area contributed by atoms with Gasteiger partial charge in [-0.15, -0.1) is 0 Å². The average Bonchev–Trinajstić information content (AvgIpc) is 2.83. The molecule has 84 valence electrons. The number of rotatable bonds is 3. The maximum absolute atomic E-state index is 11.6. The molecule has 2 rings (SSSR count). The molecule has 1 amide bonds. The fourth-order valence-corrected chi connectivity index (χ4v) is 1.99. The Bertz CT molecular complexity index is 540. The smallest absolute Gasteiger partial charge is 0.307 e. The first-order valence-electron chi connectivity index (χ1n) is 4.61. The van der Waals surface area contributed by atoms with Gasteiger partial charge >= 0.3 is 4.87 Å². The molecule has 2 aromatic heterocycles. The van der Waals surface area contributed by atoms with Crippen LogP contribution in [-0.4, -0.2) is 20.7 Å². The van der Waals surface area contributed by atoms with Gasteiger partial charge in [0.2, 0.25) is 5.91 Å². The molecule has 0 radical (unpaired) electrons. The predicted octanol–water partition coefficient (Wildman–Crippen LogP) is 0.580. The predicted molar refractivity (Wildman–Crippen MR) is 60.5 cm³/mol. The van der Waals surface area contributed by atoms with Gasteiger partial charge in [-0.3, -0.25) is 19.3 Å². The first-order chi connectivity index (χ1) is 7.66. The number of carbonyl (C=O) groups is 1. The van der Waals surface area contributed by atoms with E-state index >= 15 is 0 Å². The van der Waals surface area contributed by atoms with E-state index in [1.807, 2.05) is 0 Å². The standard InChI is InChI=1S/C9H10N4O2S/c1-6-5-16-9(15)13(6)4-8(14)11-7-2-3-10-12-7/h2-3,5H,4H2,1H3,(H2,10,11,12,14). The third kappa shape index (κ3) is 2.19. The lowest BCUT2D eigenvalue weighted by molar-refractivity contribution is -0.116. The summed E-state index contributed by atoms with van der Waals surface area (Å²) in [5.41, 5.74) is 0.787. The molecule has 0 aliphatic rings. The van der Waals surface area contributed by atoms with Crippen LogP contribution in [0.3, 0.4) is 0 Å². The lowest BCUT2D eigenvalue weighted by Crippen LogP contribution is -2.25. The van der Waals surface area contributed by atoms with Crippen molar-refractivity contribution in [2.24, 2.45) is 0 Å². The third-order valence-electron chi connectivity index (χ3n) is 2.05. The van der Waals surface area contributed by atoms with E-state index in [9.17, 15) is 9.59 Å². The highest BCUT2D eigenvalue weighted by atomic mass is 32.1. The Morgan fingerprint density at radius 2 is 2.50 bits per heavy atom. The molecule has 0 saturated heterocycles. The molecule has 0 unspecified atom stereocenters. The number of nitrogens with one attached hydrogen (secondary N) is 2. The van der Waals surface area contributed by atoms with Crippen molar-refractivity contribution in [2.45, 2.75) is 13.5 Å². The Balaban J connectivity index is 2.06. The molecule has 7 heteroatoms. The van der Waals surface area contributed by atoms with Gasteiger partial charge in [-0.1, -0.05) is 11.3 Å². The topological polar surface area (TPSA) is 79.8 Å². The Kier molecular flexibility index (Phi) is 2.86. The lowest BCUT2D eigenvalue weighted by Gasteiger charge is -2.04. The van der Waals surface area contributed by atoms with Crippen LogP contribution in [0, 0.1) is 6.92 Å². The number of hydrogen-bond donors (Lipinski definition) is 2. The summed E-state index contributed by atoms with van der Waals surface area (Å²) in [6.45, 7) is 1.81. The van der Waals surface area contributed by atoms with Gasteiger partial charge in [-0.2, -0.15) is 5.10 Å². The zero-order valence-electron chi connectivity index (χ0n) is 8.56. The van der Waals surface area contributed by atoms with Crippen molar-refractivity contribution in [3.63, 3.8) is 0 Å². The van der Waals surface area contributed by atoms with Crippen molar-refractivity contribution in [3.05, 3.63) is 33.0 Å². The van der Waals surface area contributed by atoms with Crippen LogP contribution in [0.1, 0.15) is 5.69 Å². The Morgan fingerprint density at radius 3 is 3.06 bits per heavy atom. The molecular weight excluding hydrogens is 228 g/mol. The molecule has 0 aliphatic carbocycles. The van der Waals surface area contributed by atoms with E-state index < -0.39 is 0 Å². The van der Waals surface area contributed by atoms with Crippen molar-refractivity contribution >= 4 is 23.1 Å². The van der Waals surface area contributed by atoms with Crippen LogP contribution in [0.25, 0.3) is 0 Å². The molecule has 0 fully saturated rings. The second-order valence-corrected chi connectivity index (χ2v) is 4.07. The van der Waals surface area contributed by atoms with E-state index in [1.54, 1.807) is 18.4 Å². The average molecular weight is 238 g/mol. The summed E-state index contributed by atoms with van der Waals surface area (Å²) in [5, 5.41) is 10.6. The van der Waals surface area contributed by atoms with E-state index in [0.29, 0.717) is 5.82 Å². The van der Waals surface area contributed by atoms with Gasteiger partial charge in [0.25, 0.3) is 0 Å². The Morgan fingerprint density at radius 1 is 1.69 bits per heavy atom. The molecular formula is C9H10N4O2S. The van der Waals surface area contributed by atoms with Crippen LogP contribution in [0.5, 0.6) is 0 Å². The minimum absolute atomic E-state index is 0.0210. The van der Waals surface area contributed by atoms with Crippen LogP contribution >= 0.6 is 11.3 Å². The molecule has 6 nitrogen and oxygen atoms in total. The Hall–Kier alpha value is -1.89. The van der Waals surface area contributed by atoms with Gasteiger partial charge in [0, 0.05) is 17.1 Å². The fraction of sp³-hybridized carbons (Fsp3) is 0.222. The quantitative estimate of drug-likeness (QED) is 0.820. The van der Waals surface area contributed by atoms with Crippen LogP contribution < -0.4 is 10.2 Å². The number of anilines is 1. The fourth-order valence-electron chi connectivity index (χ4n) is 1.26. The molecule has 2 aromatic rings. The third-order valence-corrected chi connectivity index (χ3v) is 2.93. The number of carbonyl (C=O) groups excluding carboxylic acids is 1. The second-order valence-electron chi connectivity index (χ2n) is 3.25. The van der Waals surface area contributed by atoms with Crippen LogP contribution in [0.15, 0.2) is 22.4 Å². The van der Waals surface area contributed by atoms with E-state index in [-0.39, 0.29) is 17.3 Å². The molecule has 2 N–H and O–H groups in total. The number of H-pyrrole nitrogens is 1. The molecule has 0 bridgehead atoms. The second kappa shape index (κ2) is 4.31. The number of thiazole rings is 1. The molecule has 0 atom stereocenters. The largest absolute Gasteiger partial charge is 0.310 e. The highest BCUT2D eigenvalue weighted by Crippen LogP contribution is 2.02. The monoisotopic (exact) mass is 238 g/mol. The van der Waals surface area contributed by atoms with Crippen molar-refractivity contribution in [3.8, 4) is 0 Å². The number of nitrogens with zero attached hydrogens (tertiary/aromatic N) is 2. The van der Waals surface area contributed by atoms with Gasteiger partial charge in [-0.05, 0) is 6.92 Å². The molecule has 16 heavy (non-hydrogen) atoms. The van der Waals surface area contributed by atoms with Gasteiger partial charge in [0.1, 0.15) is 12.4 Å². The summed E-state index contributed by atoms with van der Waals surface area (Å²) in [7, 11) is 0. The molecule has 0 spiro atoms. The van der Waals surface area contributed by atoms with E-state index in [4.69, 9.17) is 0 Å². The summed E-state index contributed by atoms with van der Waals surface area (Å²) in [6.07, 6.45) is 1.54. The van der Waals surface area contributed by atoms with Gasteiger partial charge in [0.05, 0.1) is 6.20 Å². The SMILES string of the molecule is Cc1csc(=O)n1CC(=O)Nc1ccn[nH]1. The Labute approximate surface area is 94.9 Å². The summed E-state index contributed by atoms with van der Waals surface area (Å²) < 4.78 is 1.43. The van der Waals surface area contributed by atoms with Gasteiger partial charge in [0.15, 0.2) is 0 Å². The number of hydrogen-bond acceptors (Lipinski definition) is 4. The van der Waals surface area contributed by atoms with Gasteiger partial charge in [-0.25, -0.2) is 0 Å². The summed E-state index contributed by atoms with van der Waals surface area (Å²) in [4.78, 5) is 22.8. The minimum Gasteiger partial charge on any atom is -0.310 e. The molecule has 2 heterocycles. The van der Waals surface area contributed by atoms with Crippen molar-refractivity contribution in [1.82, 2.24) is 14.8 Å². The summed E-state index contributed by atoms with van der Waals surface area (Å²) in [6, 6.07) is 1.64. The lowest BCUT2D eigenvalue weighted by atomic mass is 10.5. The van der Waals surface area contributed by atoms with Gasteiger partial charge < -0.3 is 5.32 Å². The van der Waals surface area contributed by atoms with Crippen molar-refractivity contribution in [2.75, 3.05) is 5.32 Å². The maximum atomic E-state index is 11.6. The van der Waals surface area contributed by atoms with E-state index in [0.717, 1.165) is 17.0 Å². The maximum Gasteiger partial charge on any atom is 0.307 e. The molecule has 0 saturated carbocycles. The van der Waals surface area contributed by atoms with Crippen LogP contribution in [0.2, 0.25) is 0 Å². The molecule has 0 aromatic carbocycles. The highest BCUT2D eigenvalue weighted by Gasteiger charge is 2.08. The first kappa shape index (κ1) is 10.6. The van der Waals surface area contributed by atoms with E-state index in [1.165, 1.54) is 10.8 Å². The summed E-state index contributed by atoms with van der Waals surface area (Å²) in [5.74, 6) is 0.263.